The van der Waals surface area contributed by atoms with E-state index in [-0.39, 0.29) is 5.41 Å². The van der Waals surface area contributed by atoms with Crippen molar-refractivity contribution in [1.82, 2.24) is 19.9 Å². The van der Waals surface area contributed by atoms with Crippen molar-refractivity contribution in [3.05, 3.63) is 33.4 Å². The molecule has 0 fully saturated rings. The Bertz CT molecular complexity index is 888. The molecule has 0 aliphatic heterocycles. The quantitative estimate of drug-likeness (QED) is 0.541. The summed E-state index contributed by atoms with van der Waals surface area (Å²) in [6.45, 7) is 7.42. The first kappa shape index (κ1) is 17.9. The SMILES string of the molecule is CN(C)Cc1csc(C=NNc2ncnc3sc(C(C)(C)C)cc23)n1. The molecule has 0 spiro atoms. The number of thiophene rings is 1. The molecule has 3 aromatic rings. The molecule has 0 amide bonds. The Morgan fingerprint density at radius 1 is 1.28 bits per heavy atom. The largest absolute Gasteiger partial charge is 0.304 e. The van der Waals surface area contributed by atoms with Crippen LogP contribution in [0.2, 0.25) is 0 Å². The van der Waals surface area contributed by atoms with E-state index in [9.17, 15) is 0 Å². The van der Waals surface area contributed by atoms with E-state index in [4.69, 9.17) is 0 Å². The molecule has 6 nitrogen and oxygen atoms in total. The summed E-state index contributed by atoms with van der Waals surface area (Å²) in [5.74, 6) is 0.720. The molecule has 8 heteroatoms. The molecule has 0 radical (unpaired) electrons. The lowest BCUT2D eigenvalue weighted by molar-refractivity contribution is 0.398. The summed E-state index contributed by atoms with van der Waals surface area (Å²) in [6.07, 6.45) is 3.30. The maximum atomic E-state index is 4.54. The third kappa shape index (κ3) is 4.39. The van der Waals surface area contributed by atoms with Gasteiger partial charge in [-0.25, -0.2) is 15.0 Å². The third-order valence-corrected chi connectivity index (χ3v) is 5.76. The fraction of sp³-hybridized carbons (Fsp3) is 0.412. The molecule has 0 saturated carbocycles. The van der Waals surface area contributed by atoms with Gasteiger partial charge in [0.2, 0.25) is 0 Å². The first-order valence-corrected chi connectivity index (χ1v) is 9.66. The van der Waals surface area contributed by atoms with Gasteiger partial charge in [0.15, 0.2) is 5.82 Å². The summed E-state index contributed by atoms with van der Waals surface area (Å²) >= 11 is 3.28. The first-order valence-electron chi connectivity index (χ1n) is 7.96. The van der Waals surface area contributed by atoms with E-state index in [2.05, 4.69) is 62.6 Å². The molecule has 25 heavy (non-hydrogen) atoms. The molecule has 3 heterocycles. The van der Waals surface area contributed by atoms with Gasteiger partial charge in [-0.1, -0.05) is 20.8 Å². The number of hydrazone groups is 1. The molecule has 1 N–H and O–H groups in total. The van der Waals surface area contributed by atoms with Crippen LogP contribution in [0, 0.1) is 0 Å². The average Bonchev–Trinajstić information content (AvgIpc) is 3.13. The topological polar surface area (TPSA) is 66.3 Å². The first-order chi connectivity index (χ1) is 11.8. The second-order valence-corrected chi connectivity index (χ2v) is 9.01. The number of nitrogens with one attached hydrogen (secondary N) is 1. The van der Waals surface area contributed by atoms with E-state index in [1.54, 1.807) is 35.2 Å². The van der Waals surface area contributed by atoms with Crippen LogP contribution in [0.1, 0.15) is 36.3 Å². The average molecular weight is 375 g/mol. The van der Waals surface area contributed by atoms with Crippen LogP contribution in [0.25, 0.3) is 10.2 Å². The van der Waals surface area contributed by atoms with Crippen LogP contribution >= 0.6 is 22.7 Å². The van der Waals surface area contributed by atoms with Crippen LogP contribution in [0.5, 0.6) is 0 Å². The molecular weight excluding hydrogens is 352 g/mol. The number of anilines is 1. The van der Waals surface area contributed by atoms with Crippen molar-refractivity contribution >= 4 is 44.9 Å². The predicted octanol–water partition coefficient (Wildman–Crippen LogP) is 3.95. The van der Waals surface area contributed by atoms with Crippen LogP contribution < -0.4 is 5.43 Å². The Kier molecular flexibility index (Phi) is 5.12. The summed E-state index contributed by atoms with van der Waals surface area (Å²) in [7, 11) is 4.06. The molecular formula is C17H22N6S2. The Hall–Kier alpha value is -1.90. The number of hydrogen-bond donors (Lipinski definition) is 1. The Balaban J connectivity index is 1.76. The van der Waals surface area contributed by atoms with Crippen LogP contribution in [0.4, 0.5) is 5.82 Å². The third-order valence-electron chi connectivity index (χ3n) is 3.46. The normalized spacial score (nSPS) is 12.6. The molecule has 0 unspecified atom stereocenters. The second-order valence-electron chi connectivity index (χ2n) is 7.09. The maximum absolute atomic E-state index is 4.54. The zero-order valence-corrected chi connectivity index (χ0v) is 16.7. The maximum Gasteiger partial charge on any atom is 0.158 e. The summed E-state index contributed by atoms with van der Waals surface area (Å²) in [5.41, 5.74) is 4.17. The zero-order valence-electron chi connectivity index (χ0n) is 15.1. The summed E-state index contributed by atoms with van der Waals surface area (Å²) in [4.78, 5) is 17.6. The molecule has 3 aromatic heterocycles. The standard InChI is InChI=1S/C17H22N6S2/c1-17(2,3)13-6-12-15(18-10-19-16(12)25-13)22-20-7-14-21-11(9-24-14)8-23(4)5/h6-7,9-10H,8H2,1-5H3,(H,18,19,22). The van der Waals surface area contributed by atoms with Gasteiger partial charge in [-0.05, 0) is 25.6 Å². The fourth-order valence-corrected chi connectivity index (χ4v) is 3.97. The van der Waals surface area contributed by atoms with Gasteiger partial charge in [0, 0.05) is 16.8 Å². The molecule has 3 rings (SSSR count). The second kappa shape index (κ2) is 7.15. The van der Waals surface area contributed by atoms with Gasteiger partial charge in [-0.2, -0.15) is 5.10 Å². The Morgan fingerprint density at radius 3 is 2.80 bits per heavy atom. The van der Waals surface area contributed by atoms with Crippen molar-refractivity contribution in [3.8, 4) is 0 Å². The van der Waals surface area contributed by atoms with Crippen LogP contribution in [-0.2, 0) is 12.0 Å². The minimum atomic E-state index is 0.0929. The minimum Gasteiger partial charge on any atom is -0.304 e. The molecule has 0 aliphatic carbocycles. The van der Waals surface area contributed by atoms with E-state index in [0.29, 0.717) is 0 Å². The molecule has 132 valence electrons. The molecule has 0 aromatic carbocycles. The smallest absolute Gasteiger partial charge is 0.158 e. The highest BCUT2D eigenvalue weighted by Crippen LogP contribution is 2.35. The summed E-state index contributed by atoms with van der Waals surface area (Å²) in [6, 6.07) is 2.15. The highest BCUT2D eigenvalue weighted by molar-refractivity contribution is 7.18. The van der Waals surface area contributed by atoms with E-state index in [0.717, 1.165) is 33.3 Å². The van der Waals surface area contributed by atoms with E-state index < -0.39 is 0 Å². The monoisotopic (exact) mass is 374 g/mol. The lowest BCUT2D eigenvalue weighted by Gasteiger charge is -2.14. The molecule has 0 saturated heterocycles. The van der Waals surface area contributed by atoms with E-state index >= 15 is 0 Å². The number of nitrogens with zero attached hydrogens (tertiary/aromatic N) is 5. The number of thiazole rings is 1. The van der Waals surface area contributed by atoms with E-state index in [1.165, 1.54) is 4.88 Å². The lowest BCUT2D eigenvalue weighted by Crippen LogP contribution is -2.10. The Labute approximate surface area is 155 Å². The number of rotatable bonds is 5. The van der Waals surface area contributed by atoms with Crippen molar-refractivity contribution < 1.29 is 0 Å². The summed E-state index contributed by atoms with van der Waals surface area (Å²) in [5, 5.41) is 8.23. The highest BCUT2D eigenvalue weighted by atomic mass is 32.1. The van der Waals surface area contributed by atoms with Crippen molar-refractivity contribution in [2.24, 2.45) is 5.10 Å². The van der Waals surface area contributed by atoms with Crippen molar-refractivity contribution in [1.29, 1.82) is 0 Å². The molecule has 0 bridgehead atoms. The number of aromatic nitrogens is 3. The lowest BCUT2D eigenvalue weighted by atomic mass is 9.94. The van der Waals surface area contributed by atoms with E-state index in [1.807, 2.05) is 14.1 Å². The van der Waals surface area contributed by atoms with Crippen LogP contribution in [-0.4, -0.2) is 40.2 Å². The van der Waals surface area contributed by atoms with Gasteiger partial charge in [-0.3, -0.25) is 5.43 Å². The van der Waals surface area contributed by atoms with Crippen molar-refractivity contribution in [2.75, 3.05) is 19.5 Å². The van der Waals surface area contributed by atoms with Crippen LogP contribution in [0.15, 0.2) is 22.9 Å². The van der Waals surface area contributed by atoms with Gasteiger partial charge in [0.1, 0.15) is 16.2 Å². The van der Waals surface area contributed by atoms with Crippen molar-refractivity contribution in [2.45, 2.75) is 32.7 Å². The Morgan fingerprint density at radius 2 is 2.08 bits per heavy atom. The molecule has 0 aliphatic rings. The van der Waals surface area contributed by atoms with Crippen LogP contribution in [0.3, 0.4) is 0 Å². The minimum absolute atomic E-state index is 0.0929. The fourth-order valence-electron chi connectivity index (χ4n) is 2.24. The highest BCUT2D eigenvalue weighted by Gasteiger charge is 2.18. The van der Waals surface area contributed by atoms with Gasteiger partial charge < -0.3 is 4.90 Å². The zero-order chi connectivity index (χ0) is 18.0. The number of hydrogen-bond acceptors (Lipinski definition) is 8. The van der Waals surface area contributed by atoms with Crippen molar-refractivity contribution in [3.63, 3.8) is 0 Å². The van der Waals surface area contributed by atoms with Gasteiger partial charge in [0.25, 0.3) is 0 Å². The predicted molar refractivity (Wildman–Crippen MR) is 107 cm³/mol. The number of fused-ring (bicyclic) bond motifs is 1. The molecule has 0 atom stereocenters. The van der Waals surface area contributed by atoms with Gasteiger partial charge >= 0.3 is 0 Å². The van der Waals surface area contributed by atoms with Gasteiger partial charge in [-0.15, -0.1) is 22.7 Å². The summed E-state index contributed by atoms with van der Waals surface area (Å²) < 4.78 is 0. The van der Waals surface area contributed by atoms with Gasteiger partial charge in [0.05, 0.1) is 17.3 Å².